The molecule has 17 heavy (non-hydrogen) atoms. The van der Waals surface area contributed by atoms with Crippen molar-refractivity contribution >= 4 is 17.7 Å². The van der Waals surface area contributed by atoms with Crippen molar-refractivity contribution in [2.24, 2.45) is 5.41 Å². The molecule has 0 aliphatic carbocycles. The number of esters is 1. The van der Waals surface area contributed by atoms with Crippen molar-refractivity contribution in [1.29, 1.82) is 0 Å². The third-order valence-electron chi connectivity index (χ3n) is 2.44. The minimum Gasteiger partial charge on any atom is -0.469 e. The van der Waals surface area contributed by atoms with Crippen LogP contribution in [0.5, 0.6) is 0 Å². The van der Waals surface area contributed by atoms with E-state index < -0.39 is 5.41 Å². The molecular formula is C13H18O3S. The maximum atomic E-state index is 11.5. The molecule has 0 heterocycles. The second kappa shape index (κ2) is 6.07. The summed E-state index contributed by atoms with van der Waals surface area (Å²) in [5, 5.41) is 8.92. The third kappa shape index (κ3) is 4.06. The zero-order chi connectivity index (χ0) is 12.9. The predicted molar refractivity (Wildman–Crippen MR) is 68.9 cm³/mol. The SMILES string of the molecule is COC(=O)C(C)(C)CSc1ccc(CO)cc1. The van der Waals surface area contributed by atoms with Gasteiger partial charge >= 0.3 is 5.97 Å². The molecule has 0 unspecified atom stereocenters. The van der Waals surface area contributed by atoms with Gasteiger partial charge in [-0.2, -0.15) is 0 Å². The van der Waals surface area contributed by atoms with Crippen molar-refractivity contribution in [2.75, 3.05) is 12.9 Å². The Kier molecular flexibility index (Phi) is 5.02. The zero-order valence-corrected chi connectivity index (χ0v) is 11.2. The van der Waals surface area contributed by atoms with Crippen LogP contribution in [0.2, 0.25) is 0 Å². The Labute approximate surface area is 106 Å². The van der Waals surface area contributed by atoms with Gasteiger partial charge in [0.25, 0.3) is 0 Å². The lowest BCUT2D eigenvalue weighted by atomic mass is 9.97. The molecular weight excluding hydrogens is 236 g/mol. The molecule has 94 valence electrons. The number of carbonyl (C=O) groups excluding carboxylic acids is 1. The van der Waals surface area contributed by atoms with Crippen LogP contribution in [0.4, 0.5) is 0 Å². The first kappa shape index (κ1) is 14.1. The molecule has 1 aromatic carbocycles. The molecule has 0 aliphatic heterocycles. The molecule has 1 rings (SSSR count). The fourth-order valence-corrected chi connectivity index (χ4v) is 2.26. The molecule has 1 N–H and O–H groups in total. The van der Waals surface area contributed by atoms with E-state index in [9.17, 15) is 4.79 Å². The number of aliphatic hydroxyl groups excluding tert-OH is 1. The molecule has 0 bridgehead atoms. The van der Waals surface area contributed by atoms with Crippen LogP contribution in [0.15, 0.2) is 29.2 Å². The Hall–Kier alpha value is -1.00. The first-order chi connectivity index (χ1) is 7.99. The molecule has 0 atom stereocenters. The van der Waals surface area contributed by atoms with E-state index >= 15 is 0 Å². The van der Waals surface area contributed by atoms with Gasteiger partial charge in [0, 0.05) is 10.6 Å². The summed E-state index contributed by atoms with van der Waals surface area (Å²) < 4.78 is 4.75. The van der Waals surface area contributed by atoms with Gasteiger partial charge in [0.1, 0.15) is 0 Å². The molecule has 1 aromatic rings. The molecule has 0 aliphatic rings. The van der Waals surface area contributed by atoms with Gasteiger partial charge in [0.05, 0.1) is 19.1 Å². The van der Waals surface area contributed by atoms with Gasteiger partial charge in [-0.05, 0) is 31.5 Å². The van der Waals surface area contributed by atoms with Gasteiger partial charge in [-0.15, -0.1) is 11.8 Å². The highest BCUT2D eigenvalue weighted by Gasteiger charge is 2.28. The fourth-order valence-electron chi connectivity index (χ4n) is 1.29. The average Bonchev–Trinajstić information content (AvgIpc) is 2.36. The quantitative estimate of drug-likeness (QED) is 0.647. The standard InChI is InChI=1S/C13H18O3S/c1-13(2,12(15)16-3)9-17-11-6-4-10(8-14)5-7-11/h4-7,14H,8-9H2,1-3H3. The number of benzene rings is 1. The summed E-state index contributed by atoms with van der Waals surface area (Å²) in [7, 11) is 1.41. The number of hydrogen-bond acceptors (Lipinski definition) is 4. The van der Waals surface area contributed by atoms with Crippen molar-refractivity contribution in [3.63, 3.8) is 0 Å². The van der Waals surface area contributed by atoms with Gasteiger partial charge in [-0.3, -0.25) is 4.79 Å². The predicted octanol–water partition coefficient (Wildman–Crippen LogP) is 2.47. The Morgan fingerprint density at radius 1 is 1.35 bits per heavy atom. The second-order valence-electron chi connectivity index (χ2n) is 4.47. The molecule has 0 saturated heterocycles. The summed E-state index contributed by atoms with van der Waals surface area (Å²) in [5.41, 5.74) is 0.399. The molecule has 0 spiro atoms. The number of hydrogen-bond donors (Lipinski definition) is 1. The van der Waals surface area contributed by atoms with E-state index in [2.05, 4.69) is 0 Å². The van der Waals surface area contributed by atoms with Crippen LogP contribution >= 0.6 is 11.8 Å². The van der Waals surface area contributed by atoms with E-state index in [1.165, 1.54) is 7.11 Å². The van der Waals surface area contributed by atoms with Gasteiger partial charge in [-0.1, -0.05) is 12.1 Å². The number of ether oxygens (including phenoxy) is 1. The van der Waals surface area contributed by atoms with E-state index in [1.807, 2.05) is 38.1 Å². The van der Waals surface area contributed by atoms with E-state index in [0.717, 1.165) is 10.5 Å². The minimum atomic E-state index is -0.491. The molecule has 0 fully saturated rings. The monoisotopic (exact) mass is 254 g/mol. The van der Waals surface area contributed by atoms with Crippen LogP contribution in [0.3, 0.4) is 0 Å². The number of aliphatic hydroxyl groups is 1. The van der Waals surface area contributed by atoms with Crippen LogP contribution in [-0.2, 0) is 16.1 Å². The summed E-state index contributed by atoms with van der Waals surface area (Å²) in [4.78, 5) is 12.6. The number of carbonyl (C=O) groups is 1. The van der Waals surface area contributed by atoms with Gasteiger partial charge in [0.2, 0.25) is 0 Å². The lowest BCUT2D eigenvalue weighted by Gasteiger charge is -2.20. The summed E-state index contributed by atoms with van der Waals surface area (Å²) in [6.45, 7) is 3.79. The van der Waals surface area contributed by atoms with Crippen LogP contribution < -0.4 is 0 Å². The average molecular weight is 254 g/mol. The highest BCUT2D eigenvalue weighted by atomic mass is 32.2. The summed E-state index contributed by atoms with van der Waals surface area (Å²) >= 11 is 1.61. The van der Waals surface area contributed by atoms with E-state index in [-0.39, 0.29) is 12.6 Å². The van der Waals surface area contributed by atoms with Gasteiger partial charge in [0.15, 0.2) is 0 Å². The first-order valence-corrected chi connectivity index (χ1v) is 6.39. The molecule has 0 radical (unpaired) electrons. The topological polar surface area (TPSA) is 46.5 Å². The third-order valence-corrected chi connectivity index (χ3v) is 3.92. The first-order valence-electron chi connectivity index (χ1n) is 5.40. The van der Waals surface area contributed by atoms with Gasteiger partial charge in [-0.25, -0.2) is 0 Å². The van der Waals surface area contributed by atoms with E-state index in [1.54, 1.807) is 11.8 Å². The van der Waals surface area contributed by atoms with Crippen molar-refractivity contribution in [3.8, 4) is 0 Å². The lowest BCUT2D eigenvalue weighted by molar-refractivity contribution is -0.149. The fraction of sp³-hybridized carbons (Fsp3) is 0.462. The smallest absolute Gasteiger partial charge is 0.312 e. The lowest BCUT2D eigenvalue weighted by Crippen LogP contribution is -2.28. The molecule has 0 aromatic heterocycles. The van der Waals surface area contributed by atoms with Crippen LogP contribution in [0, 0.1) is 5.41 Å². The Bertz CT molecular complexity index is 371. The maximum Gasteiger partial charge on any atom is 0.312 e. The Morgan fingerprint density at radius 2 is 1.94 bits per heavy atom. The van der Waals surface area contributed by atoms with Crippen LogP contribution in [0.25, 0.3) is 0 Å². The Morgan fingerprint density at radius 3 is 2.41 bits per heavy atom. The molecule has 4 heteroatoms. The maximum absolute atomic E-state index is 11.5. The number of methoxy groups -OCH3 is 1. The second-order valence-corrected chi connectivity index (χ2v) is 5.51. The summed E-state index contributed by atoms with van der Waals surface area (Å²) in [6, 6.07) is 7.66. The van der Waals surface area contributed by atoms with Crippen molar-refractivity contribution in [3.05, 3.63) is 29.8 Å². The summed E-state index contributed by atoms with van der Waals surface area (Å²) in [5.74, 6) is 0.468. The molecule has 0 amide bonds. The minimum absolute atomic E-state index is 0.0542. The zero-order valence-electron chi connectivity index (χ0n) is 10.4. The number of thioether (sulfide) groups is 1. The van der Waals surface area contributed by atoms with Crippen LogP contribution in [-0.4, -0.2) is 23.9 Å². The Balaban J connectivity index is 2.57. The highest BCUT2D eigenvalue weighted by molar-refractivity contribution is 7.99. The van der Waals surface area contributed by atoms with Crippen LogP contribution in [0.1, 0.15) is 19.4 Å². The van der Waals surface area contributed by atoms with Crippen molar-refractivity contribution < 1.29 is 14.6 Å². The normalized spacial score (nSPS) is 11.3. The van der Waals surface area contributed by atoms with E-state index in [4.69, 9.17) is 9.84 Å². The van der Waals surface area contributed by atoms with Crippen molar-refractivity contribution in [1.82, 2.24) is 0 Å². The number of rotatable bonds is 5. The van der Waals surface area contributed by atoms with Gasteiger partial charge < -0.3 is 9.84 Å². The highest BCUT2D eigenvalue weighted by Crippen LogP contribution is 2.28. The summed E-state index contributed by atoms with van der Waals surface area (Å²) in [6.07, 6.45) is 0. The van der Waals surface area contributed by atoms with E-state index in [0.29, 0.717) is 5.75 Å². The molecule has 0 saturated carbocycles. The largest absolute Gasteiger partial charge is 0.469 e. The van der Waals surface area contributed by atoms with Crippen molar-refractivity contribution in [2.45, 2.75) is 25.3 Å². The molecule has 3 nitrogen and oxygen atoms in total.